The number of carbonyl (C=O) groups excluding carboxylic acids is 3. The van der Waals surface area contributed by atoms with Crippen LogP contribution in [-0.2, 0) is 9.59 Å². The first-order chi connectivity index (χ1) is 21.3. The normalized spacial score (nSPS) is 11.9. The number of carbonyl (C=O) groups is 3. The minimum Gasteiger partial charge on any atom is -0.497 e. The number of fused-ring (bicyclic) bond motifs is 1. The van der Waals surface area contributed by atoms with Crippen molar-refractivity contribution in [3.8, 4) is 5.75 Å². The first-order valence-corrected chi connectivity index (χ1v) is 15.5. The maximum absolute atomic E-state index is 13.4. The molecule has 3 N–H and O–H groups in total. The largest absolute Gasteiger partial charge is 0.497 e. The van der Waals surface area contributed by atoms with Gasteiger partial charge in [0.05, 0.1) is 22.6 Å². The SMILES string of the molecule is COc1ccc2nc(NC(=O)C(C)Sc3cccc(NC(=O)/C(=C/c4cccc(Cl)c4)NC(=O)c4ccccc4)c3)sc2c1. The number of rotatable bonds is 10. The zero-order valence-corrected chi connectivity index (χ0v) is 26.1. The molecule has 5 rings (SSSR count). The molecule has 0 bridgehead atoms. The lowest BCUT2D eigenvalue weighted by Crippen LogP contribution is -2.30. The third-order valence-corrected chi connectivity index (χ3v) is 8.55. The second-order valence-corrected chi connectivity index (χ2v) is 12.4. The number of halogens is 1. The number of amides is 3. The highest BCUT2D eigenvalue weighted by Crippen LogP contribution is 2.31. The number of nitrogens with one attached hydrogen (secondary N) is 3. The van der Waals surface area contributed by atoms with E-state index in [4.69, 9.17) is 16.3 Å². The van der Waals surface area contributed by atoms with Crippen LogP contribution in [0.4, 0.5) is 10.8 Å². The van der Waals surface area contributed by atoms with E-state index in [1.54, 1.807) is 92.9 Å². The predicted octanol–water partition coefficient (Wildman–Crippen LogP) is 7.49. The van der Waals surface area contributed by atoms with E-state index in [-0.39, 0.29) is 11.6 Å². The Morgan fingerprint density at radius 1 is 0.932 bits per heavy atom. The molecule has 0 aliphatic carbocycles. The van der Waals surface area contributed by atoms with Gasteiger partial charge in [0.25, 0.3) is 11.8 Å². The molecule has 0 spiro atoms. The van der Waals surface area contributed by atoms with Crippen molar-refractivity contribution in [1.82, 2.24) is 10.3 Å². The number of benzene rings is 4. The summed E-state index contributed by atoms with van der Waals surface area (Å²) in [5.41, 5.74) is 2.37. The Bertz CT molecular complexity index is 1860. The van der Waals surface area contributed by atoms with E-state index < -0.39 is 17.1 Å². The summed E-state index contributed by atoms with van der Waals surface area (Å²) in [7, 11) is 1.60. The molecule has 0 radical (unpaired) electrons. The zero-order valence-electron chi connectivity index (χ0n) is 23.7. The summed E-state index contributed by atoms with van der Waals surface area (Å²) in [6.07, 6.45) is 1.56. The van der Waals surface area contributed by atoms with Crippen molar-refractivity contribution >= 4 is 79.5 Å². The van der Waals surface area contributed by atoms with Crippen LogP contribution in [0, 0.1) is 0 Å². The number of thiazole rings is 1. The highest BCUT2D eigenvalue weighted by molar-refractivity contribution is 8.00. The topological polar surface area (TPSA) is 109 Å². The molecule has 0 fully saturated rings. The Morgan fingerprint density at radius 2 is 1.73 bits per heavy atom. The molecule has 0 saturated heterocycles. The first kappa shape index (κ1) is 30.8. The Kier molecular flexibility index (Phi) is 9.96. The summed E-state index contributed by atoms with van der Waals surface area (Å²) in [4.78, 5) is 44.6. The summed E-state index contributed by atoms with van der Waals surface area (Å²) in [5.74, 6) is -0.425. The van der Waals surface area contributed by atoms with Crippen LogP contribution in [0.3, 0.4) is 0 Å². The quantitative estimate of drug-likeness (QED) is 0.108. The molecule has 1 heterocycles. The molecule has 44 heavy (non-hydrogen) atoms. The summed E-state index contributed by atoms with van der Waals surface area (Å²) in [6.45, 7) is 1.80. The van der Waals surface area contributed by atoms with E-state index in [2.05, 4.69) is 20.9 Å². The minimum absolute atomic E-state index is 0.0420. The molecule has 0 aliphatic rings. The minimum atomic E-state index is -0.519. The summed E-state index contributed by atoms with van der Waals surface area (Å²) < 4.78 is 6.17. The number of methoxy groups -OCH3 is 1. The van der Waals surface area contributed by atoms with Crippen molar-refractivity contribution in [2.75, 3.05) is 17.7 Å². The van der Waals surface area contributed by atoms with E-state index >= 15 is 0 Å². The van der Waals surface area contributed by atoms with E-state index in [1.807, 2.05) is 24.3 Å². The van der Waals surface area contributed by atoms with Gasteiger partial charge in [0, 0.05) is 21.2 Å². The number of nitrogens with zero attached hydrogens (tertiary/aromatic N) is 1. The second kappa shape index (κ2) is 14.2. The fraction of sp³-hybridized carbons (Fsp3) is 0.0909. The lowest BCUT2D eigenvalue weighted by molar-refractivity contribution is -0.115. The number of anilines is 2. The van der Waals surface area contributed by atoms with Crippen molar-refractivity contribution in [3.05, 3.63) is 119 Å². The maximum atomic E-state index is 13.4. The molecule has 4 aromatic carbocycles. The van der Waals surface area contributed by atoms with E-state index in [9.17, 15) is 14.4 Å². The van der Waals surface area contributed by atoms with Crippen LogP contribution in [0.1, 0.15) is 22.8 Å². The Balaban J connectivity index is 1.27. The first-order valence-electron chi connectivity index (χ1n) is 13.4. The molecule has 1 aromatic heterocycles. The number of hydrogen-bond donors (Lipinski definition) is 3. The number of ether oxygens (including phenoxy) is 1. The second-order valence-electron chi connectivity index (χ2n) is 9.52. The van der Waals surface area contributed by atoms with Gasteiger partial charge in [-0.15, -0.1) is 11.8 Å². The van der Waals surface area contributed by atoms with E-state index in [0.717, 1.165) is 20.9 Å². The molecule has 0 aliphatic heterocycles. The molecule has 8 nitrogen and oxygen atoms in total. The molecular formula is C33H27ClN4O4S2. The number of thioether (sulfide) groups is 1. The van der Waals surface area contributed by atoms with Crippen molar-refractivity contribution in [2.45, 2.75) is 17.1 Å². The fourth-order valence-corrected chi connectivity index (χ4v) is 6.12. The third-order valence-electron chi connectivity index (χ3n) is 6.29. The smallest absolute Gasteiger partial charge is 0.272 e. The molecular weight excluding hydrogens is 616 g/mol. The molecule has 0 saturated carbocycles. The molecule has 222 valence electrons. The number of aromatic nitrogens is 1. The lowest BCUT2D eigenvalue weighted by atomic mass is 10.1. The van der Waals surface area contributed by atoms with Gasteiger partial charge in [-0.25, -0.2) is 4.98 Å². The van der Waals surface area contributed by atoms with Crippen LogP contribution in [0.25, 0.3) is 16.3 Å². The fourth-order valence-electron chi connectivity index (χ4n) is 4.10. The molecule has 5 aromatic rings. The van der Waals surface area contributed by atoms with Crippen LogP contribution in [0.15, 0.2) is 108 Å². The monoisotopic (exact) mass is 642 g/mol. The van der Waals surface area contributed by atoms with Gasteiger partial charge < -0.3 is 20.7 Å². The Morgan fingerprint density at radius 3 is 2.50 bits per heavy atom. The average Bonchev–Trinajstić information content (AvgIpc) is 3.42. The van der Waals surface area contributed by atoms with Gasteiger partial charge >= 0.3 is 0 Å². The van der Waals surface area contributed by atoms with Crippen LogP contribution in [0.2, 0.25) is 5.02 Å². The van der Waals surface area contributed by atoms with Crippen molar-refractivity contribution in [3.63, 3.8) is 0 Å². The molecule has 1 atom stereocenters. The Labute approximate surface area is 267 Å². The summed E-state index contributed by atoms with van der Waals surface area (Å²) in [6, 6.07) is 28.3. The van der Waals surface area contributed by atoms with Gasteiger partial charge in [0.2, 0.25) is 5.91 Å². The maximum Gasteiger partial charge on any atom is 0.272 e. The van der Waals surface area contributed by atoms with Gasteiger partial charge in [-0.05, 0) is 79.2 Å². The van der Waals surface area contributed by atoms with Gasteiger partial charge in [0.1, 0.15) is 11.4 Å². The predicted molar refractivity (Wildman–Crippen MR) is 179 cm³/mol. The lowest BCUT2D eigenvalue weighted by Gasteiger charge is -2.13. The van der Waals surface area contributed by atoms with Crippen molar-refractivity contribution in [2.24, 2.45) is 0 Å². The standard InChI is InChI=1S/C33H27ClN4O4S2/c1-20(30(39)38-33-37-27-15-14-25(42-2)19-29(27)44-33)43-26-13-7-12-24(18-26)35-32(41)28(17-21-8-6-11-23(34)16-21)36-31(40)22-9-4-3-5-10-22/h3-20H,1-2H3,(H,35,41)(H,36,40)(H,37,38,39)/b28-17-. The van der Waals surface area contributed by atoms with E-state index in [0.29, 0.717) is 27.0 Å². The van der Waals surface area contributed by atoms with Gasteiger partial charge in [0.15, 0.2) is 5.13 Å². The molecule has 1 unspecified atom stereocenters. The summed E-state index contributed by atoms with van der Waals surface area (Å²) in [5, 5.41) is 9.01. The molecule has 3 amide bonds. The highest BCUT2D eigenvalue weighted by Gasteiger charge is 2.18. The van der Waals surface area contributed by atoms with Gasteiger partial charge in [-0.2, -0.15) is 0 Å². The van der Waals surface area contributed by atoms with Crippen LogP contribution in [0.5, 0.6) is 5.75 Å². The van der Waals surface area contributed by atoms with Crippen LogP contribution < -0.4 is 20.7 Å². The number of hydrogen-bond acceptors (Lipinski definition) is 7. The Hall–Kier alpha value is -4.64. The zero-order chi connectivity index (χ0) is 31.1. The highest BCUT2D eigenvalue weighted by atomic mass is 35.5. The van der Waals surface area contributed by atoms with Crippen molar-refractivity contribution in [1.29, 1.82) is 0 Å². The third kappa shape index (κ3) is 8.04. The average molecular weight is 643 g/mol. The van der Waals surface area contributed by atoms with Gasteiger partial charge in [-0.3, -0.25) is 14.4 Å². The molecule has 11 heteroatoms. The van der Waals surface area contributed by atoms with Crippen LogP contribution in [-0.4, -0.2) is 35.1 Å². The van der Waals surface area contributed by atoms with Gasteiger partial charge in [-0.1, -0.05) is 59.3 Å². The van der Waals surface area contributed by atoms with E-state index in [1.165, 1.54) is 23.1 Å². The van der Waals surface area contributed by atoms with Crippen LogP contribution >= 0.6 is 34.7 Å². The summed E-state index contributed by atoms with van der Waals surface area (Å²) >= 11 is 8.85. The van der Waals surface area contributed by atoms with Crippen molar-refractivity contribution < 1.29 is 19.1 Å².